The quantitative estimate of drug-likeness (QED) is 0.493. The molecule has 1 amide bonds. The number of esters is 1. The van der Waals surface area contributed by atoms with E-state index in [4.69, 9.17) is 9.15 Å². The number of methoxy groups -OCH3 is 1. The Morgan fingerprint density at radius 1 is 1.09 bits per heavy atom. The first-order valence-corrected chi connectivity index (χ1v) is 12.6. The SMILES string of the molecule is COC(=O)c1ccccc1S(=O)(=O)N1CCC(C(=O)N(C)C(C)c2cc3ccccc3o2)CC1. The highest BCUT2D eigenvalue weighted by molar-refractivity contribution is 7.89. The van der Waals surface area contributed by atoms with Crippen molar-refractivity contribution in [1.82, 2.24) is 9.21 Å². The van der Waals surface area contributed by atoms with Crippen LogP contribution in [0.4, 0.5) is 0 Å². The average molecular weight is 485 g/mol. The summed E-state index contributed by atoms with van der Waals surface area (Å²) in [6, 6.07) is 15.4. The Hall–Kier alpha value is -3.17. The van der Waals surface area contributed by atoms with E-state index in [1.165, 1.54) is 23.5 Å². The van der Waals surface area contributed by atoms with Gasteiger partial charge in [-0.15, -0.1) is 0 Å². The molecule has 1 aromatic heterocycles. The summed E-state index contributed by atoms with van der Waals surface area (Å²) >= 11 is 0. The zero-order chi connectivity index (χ0) is 24.5. The molecular formula is C25H28N2O6S. The summed E-state index contributed by atoms with van der Waals surface area (Å²) in [6.07, 6.45) is 0.797. The number of furan rings is 1. The van der Waals surface area contributed by atoms with Gasteiger partial charge >= 0.3 is 5.97 Å². The molecule has 34 heavy (non-hydrogen) atoms. The highest BCUT2D eigenvalue weighted by atomic mass is 32.2. The van der Waals surface area contributed by atoms with Gasteiger partial charge in [-0.1, -0.05) is 30.3 Å². The standard InChI is InChI=1S/C25H28N2O6S/c1-17(22-16-19-8-4-6-10-21(19)33-22)26(2)24(28)18-12-14-27(15-13-18)34(30,31)23-11-7-5-9-20(23)25(29)32-3/h4-11,16-18H,12-15H2,1-3H3. The second-order valence-corrected chi connectivity index (χ2v) is 10.4. The summed E-state index contributed by atoms with van der Waals surface area (Å²) in [7, 11) is -0.939. The van der Waals surface area contributed by atoms with Crippen molar-refractivity contribution in [2.75, 3.05) is 27.2 Å². The van der Waals surface area contributed by atoms with Gasteiger partial charge in [-0.2, -0.15) is 4.31 Å². The number of rotatable bonds is 6. The van der Waals surface area contributed by atoms with Gasteiger partial charge in [-0.25, -0.2) is 13.2 Å². The molecule has 2 aromatic carbocycles. The van der Waals surface area contributed by atoms with Crippen molar-refractivity contribution in [3.8, 4) is 0 Å². The lowest BCUT2D eigenvalue weighted by Crippen LogP contribution is -2.44. The number of benzene rings is 2. The number of carbonyl (C=O) groups excluding carboxylic acids is 2. The van der Waals surface area contributed by atoms with E-state index in [0.29, 0.717) is 18.6 Å². The van der Waals surface area contributed by atoms with Gasteiger partial charge in [0.25, 0.3) is 0 Å². The molecule has 0 spiro atoms. The van der Waals surface area contributed by atoms with Gasteiger partial charge < -0.3 is 14.1 Å². The number of ether oxygens (including phenoxy) is 1. The topological polar surface area (TPSA) is 97.1 Å². The zero-order valence-electron chi connectivity index (χ0n) is 19.4. The Balaban J connectivity index is 1.44. The van der Waals surface area contributed by atoms with Gasteiger partial charge in [0.2, 0.25) is 15.9 Å². The van der Waals surface area contributed by atoms with Crippen LogP contribution in [0.25, 0.3) is 11.0 Å². The number of piperidine rings is 1. The summed E-state index contributed by atoms with van der Waals surface area (Å²) in [5, 5.41) is 0.982. The summed E-state index contributed by atoms with van der Waals surface area (Å²) < 4.78 is 38.4. The molecule has 1 aliphatic rings. The normalized spacial score (nSPS) is 16.3. The van der Waals surface area contributed by atoms with Crippen LogP contribution in [0.3, 0.4) is 0 Å². The van der Waals surface area contributed by atoms with Crippen LogP contribution in [-0.4, -0.2) is 56.7 Å². The van der Waals surface area contributed by atoms with Gasteiger partial charge in [0.1, 0.15) is 11.3 Å². The second-order valence-electron chi connectivity index (χ2n) is 8.48. The summed E-state index contributed by atoms with van der Waals surface area (Å²) in [4.78, 5) is 26.8. The number of hydrogen-bond donors (Lipinski definition) is 0. The molecule has 2 heterocycles. The molecule has 0 radical (unpaired) electrons. The van der Waals surface area contributed by atoms with E-state index >= 15 is 0 Å². The number of nitrogens with zero attached hydrogens (tertiary/aromatic N) is 2. The summed E-state index contributed by atoms with van der Waals surface area (Å²) in [5.41, 5.74) is 0.776. The molecule has 1 fully saturated rings. The van der Waals surface area contributed by atoms with Crippen molar-refractivity contribution in [3.63, 3.8) is 0 Å². The minimum Gasteiger partial charge on any atom is -0.465 e. The van der Waals surface area contributed by atoms with E-state index in [2.05, 4.69) is 0 Å². The fourth-order valence-corrected chi connectivity index (χ4v) is 5.98. The highest BCUT2D eigenvalue weighted by Crippen LogP contribution is 2.31. The highest BCUT2D eigenvalue weighted by Gasteiger charge is 2.36. The molecule has 1 saturated heterocycles. The van der Waals surface area contributed by atoms with Crippen molar-refractivity contribution in [2.24, 2.45) is 5.92 Å². The molecule has 1 unspecified atom stereocenters. The number of fused-ring (bicyclic) bond motifs is 1. The monoisotopic (exact) mass is 484 g/mol. The number of amides is 1. The second kappa shape index (κ2) is 9.60. The molecule has 180 valence electrons. The van der Waals surface area contributed by atoms with Crippen molar-refractivity contribution in [2.45, 2.75) is 30.7 Å². The van der Waals surface area contributed by atoms with Gasteiger partial charge in [-0.3, -0.25) is 4.79 Å². The lowest BCUT2D eigenvalue weighted by molar-refractivity contribution is -0.137. The third kappa shape index (κ3) is 4.45. The van der Waals surface area contributed by atoms with Crippen LogP contribution in [0, 0.1) is 5.92 Å². The molecule has 1 aliphatic heterocycles. The molecule has 1 atom stereocenters. The van der Waals surface area contributed by atoms with Crippen molar-refractivity contribution >= 4 is 32.9 Å². The van der Waals surface area contributed by atoms with Crippen molar-refractivity contribution in [3.05, 3.63) is 65.9 Å². The van der Waals surface area contributed by atoms with Crippen LogP contribution in [0.15, 0.2) is 63.9 Å². The molecule has 0 saturated carbocycles. The van der Waals surface area contributed by atoms with Crippen molar-refractivity contribution < 1.29 is 27.2 Å². The Bertz CT molecular complexity index is 1270. The van der Waals surface area contributed by atoms with E-state index in [0.717, 1.165) is 11.0 Å². The van der Waals surface area contributed by atoms with Gasteiger partial charge in [0, 0.05) is 31.4 Å². The molecule has 3 aromatic rings. The van der Waals surface area contributed by atoms with Crippen molar-refractivity contribution in [1.29, 1.82) is 0 Å². The largest absolute Gasteiger partial charge is 0.465 e. The Labute approximate surface area is 199 Å². The van der Waals surface area contributed by atoms with Gasteiger partial charge in [-0.05, 0) is 44.0 Å². The van der Waals surface area contributed by atoms with Crippen LogP contribution in [0.5, 0.6) is 0 Å². The maximum atomic E-state index is 13.2. The minimum atomic E-state index is -3.90. The fourth-order valence-electron chi connectivity index (χ4n) is 4.33. The third-order valence-corrected chi connectivity index (χ3v) is 8.46. The first-order valence-electron chi connectivity index (χ1n) is 11.2. The summed E-state index contributed by atoms with van der Waals surface area (Å²) in [5.74, 6) is -0.332. The molecule has 4 rings (SSSR count). The van der Waals surface area contributed by atoms with Crippen LogP contribution >= 0.6 is 0 Å². The van der Waals surface area contributed by atoms with E-state index in [1.807, 2.05) is 37.3 Å². The van der Waals surface area contributed by atoms with Gasteiger partial charge in [0.05, 0.1) is 23.6 Å². The molecule has 0 bridgehead atoms. The first kappa shape index (κ1) is 24.0. The lowest BCUT2D eigenvalue weighted by atomic mass is 9.96. The first-order chi connectivity index (χ1) is 16.2. The fraction of sp³-hybridized carbons (Fsp3) is 0.360. The maximum Gasteiger partial charge on any atom is 0.339 e. The molecular weight excluding hydrogens is 456 g/mol. The molecule has 8 nitrogen and oxygen atoms in total. The number of hydrogen-bond acceptors (Lipinski definition) is 6. The molecule has 0 aliphatic carbocycles. The van der Waals surface area contributed by atoms with E-state index in [9.17, 15) is 18.0 Å². The predicted octanol–water partition coefficient (Wildman–Crippen LogP) is 3.84. The van der Waals surface area contributed by atoms with Crippen LogP contribution in [0.1, 0.15) is 41.9 Å². The average Bonchev–Trinajstić information content (AvgIpc) is 3.31. The zero-order valence-corrected chi connectivity index (χ0v) is 20.2. The van der Waals surface area contributed by atoms with Gasteiger partial charge in [0.15, 0.2) is 0 Å². The van der Waals surface area contributed by atoms with E-state index < -0.39 is 16.0 Å². The lowest BCUT2D eigenvalue weighted by Gasteiger charge is -2.34. The molecule has 9 heteroatoms. The molecule has 0 N–H and O–H groups in total. The predicted molar refractivity (Wildman–Crippen MR) is 127 cm³/mol. The maximum absolute atomic E-state index is 13.2. The summed E-state index contributed by atoms with van der Waals surface area (Å²) in [6.45, 7) is 2.31. The van der Waals surface area contributed by atoms with Crippen LogP contribution in [-0.2, 0) is 19.6 Å². The van der Waals surface area contributed by atoms with E-state index in [-0.39, 0.29) is 41.4 Å². The Morgan fingerprint density at radius 2 is 1.74 bits per heavy atom. The van der Waals surface area contributed by atoms with E-state index in [1.54, 1.807) is 24.1 Å². The number of carbonyl (C=O) groups is 2. The third-order valence-electron chi connectivity index (χ3n) is 6.50. The Morgan fingerprint density at radius 3 is 2.41 bits per heavy atom. The van der Waals surface area contributed by atoms with Crippen LogP contribution < -0.4 is 0 Å². The number of sulfonamides is 1. The Kier molecular flexibility index (Phi) is 6.77. The minimum absolute atomic E-state index is 0.00240. The number of para-hydroxylation sites is 1. The smallest absolute Gasteiger partial charge is 0.339 e. The van der Waals surface area contributed by atoms with Crippen LogP contribution in [0.2, 0.25) is 0 Å².